The van der Waals surface area contributed by atoms with Crippen molar-refractivity contribution in [1.29, 1.82) is 0 Å². The van der Waals surface area contributed by atoms with Crippen molar-refractivity contribution in [2.24, 2.45) is 0 Å². The van der Waals surface area contributed by atoms with E-state index >= 15 is 0 Å². The second kappa shape index (κ2) is 6.89. The first kappa shape index (κ1) is 14.3. The molecule has 0 aromatic heterocycles. The van der Waals surface area contributed by atoms with Gasteiger partial charge in [0, 0.05) is 13.1 Å². The van der Waals surface area contributed by atoms with Gasteiger partial charge < -0.3 is 19.8 Å². The van der Waals surface area contributed by atoms with E-state index < -0.39 is 6.10 Å². The van der Waals surface area contributed by atoms with E-state index in [2.05, 4.69) is 18.2 Å². The Kier molecular flexibility index (Phi) is 5.19. The highest BCUT2D eigenvalue weighted by Crippen LogP contribution is 2.25. The maximum atomic E-state index is 9.38. The quantitative estimate of drug-likeness (QED) is 0.800. The molecule has 19 heavy (non-hydrogen) atoms. The second-order valence-electron chi connectivity index (χ2n) is 5.24. The third-order valence-electron chi connectivity index (χ3n) is 3.49. The molecule has 0 aliphatic carbocycles. The van der Waals surface area contributed by atoms with Gasteiger partial charge in [-0.25, -0.2) is 0 Å². The van der Waals surface area contributed by atoms with E-state index in [0.29, 0.717) is 6.54 Å². The predicted octanol–water partition coefficient (Wildman–Crippen LogP) is 0.839. The van der Waals surface area contributed by atoms with Crippen LogP contribution in [0.2, 0.25) is 0 Å². The van der Waals surface area contributed by atoms with Gasteiger partial charge in [-0.3, -0.25) is 0 Å². The molecule has 1 heterocycles. The monoisotopic (exact) mass is 265 g/mol. The summed E-state index contributed by atoms with van der Waals surface area (Å²) in [5, 5.41) is 18.2. The summed E-state index contributed by atoms with van der Waals surface area (Å²) in [6.07, 6.45) is 2.49. The molecule has 2 N–H and O–H groups in total. The molecular weight excluding hydrogens is 242 g/mol. The Morgan fingerprint density at radius 3 is 3.05 bits per heavy atom. The number of rotatable bonds is 6. The van der Waals surface area contributed by atoms with Crippen LogP contribution in [0.15, 0.2) is 18.2 Å². The zero-order valence-corrected chi connectivity index (χ0v) is 11.5. The summed E-state index contributed by atoms with van der Waals surface area (Å²) >= 11 is 0. The van der Waals surface area contributed by atoms with Crippen LogP contribution in [0.5, 0.6) is 5.75 Å². The summed E-state index contributed by atoms with van der Waals surface area (Å²) in [7, 11) is 1.96. The van der Waals surface area contributed by atoms with E-state index in [9.17, 15) is 5.11 Å². The first-order valence-corrected chi connectivity index (χ1v) is 6.91. The van der Waals surface area contributed by atoms with E-state index in [-0.39, 0.29) is 6.61 Å². The highest BCUT2D eigenvalue weighted by atomic mass is 16.5. The zero-order valence-electron chi connectivity index (χ0n) is 11.5. The first-order valence-electron chi connectivity index (χ1n) is 6.91. The van der Waals surface area contributed by atoms with Gasteiger partial charge in [0.15, 0.2) is 0 Å². The van der Waals surface area contributed by atoms with Crippen LogP contribution in [0.4, 0.5) is 0 Å². The molecule has 2 rings (SSSR count). The summed E-state index contributed by atoms with van der Waals surface area (Å²) in [5.41, 5.74) is 2.61. The molecule has 0 amide bonds. The van der Waals surface area contributed by atoms with E-state index in [0.717, 1.165) is 38.2 Å². The lowest BCUT2D eigenvalue weighted by atomic mass is 10.0. The Morgan fingerprint density at radius 1 is 1.42 bits per heavy atom. The summed E-state index contributed by atoms with van der Waals surface area (Å²) < 4.78 is 5.60. The molecule has 1 aromatic rings. The Labute approximate surface area is 114 Å². The molecule has 1 aliphatic rings. The molecule has 0 saturated heterocycles. The standard InChI is InChI=1S/C15H23NO3/c1-16(10-14(18)11-17)7-6-12-4-5-15-13(9-12)3-2-8-19-15/h4-5,9,14,17-18H,2-3,6-8,10-11H2,1H3. The smallest absolute Gasteiger partial charge is 0.122 e. The summed E-state index contributed by atoms with van der Waals surface area (Å²) in [6.45, 7) is 2.02. The number of hydrogen-bond donors (Lipinski definition) is 2. The van der Waals surface area contributed by atoms with Crippen molar-refractivity contribution in [3.05, 3.63) is 29.3 Å². The fourth-order valence-electron chi connectivity index (χ4n) is 2.40. The molecule has 0 saturated carbocycles. The van der Waals surface area contributed by atoms with E-state index in [1.54, 1.807) is 0 Å². The van der Waals surface area contributed by atoms with Crippen LogP contribution in [-0.4, -0.2) is 54.6 Å². The summed E-state index contributed by atoms with van der Waals surface area (Å²) in [4.78, 5) is 2.04. The van der Waals surface area contributed by atoms with Crippen LogP contribution in [0.25, 0.3) is 0 Å². The Bertz CT molecular complexity index is 408. The van der Waals surface area contributed by atoms with Crippen LogP contribution in [0.3, 0.4) is 0 Å². The van der Waals surface area contributed by atoms with Crippen molar-refractivity contribution < 1.29 is 14.9 Å². The van der Waals surface area contributed by atoms with Gasteiger partial charge in [0.25, 0.3) is 0 Å². The van der Waals surface area contributed by atoms with Gasteiger partial charge in [-0.05, 0) is 43.5 Å². The Morgan fingerprint density at radius 2 is 2.26 bits per heavy atom. The van der Waals surface area contributed by atoms with Gasteiger partial charge in [0.1, 0.15) is 5.75 Å². The van der Waals surface area contributed by atoms with Gasteiger partial charge in [-0.15, -0.1) is 0 Å². The SMILES string of the molecule is CN(CCc1ccc2c(c1)CCCO2)CC(O)CO. The largest absolute Gasteiger partial charge is 0.493 e. The van der Waals surface area contributed by atoms with E-state index in [1.165, 1.54) is 11.1 Å². The summed E-state index contributed by atoms with van der Waals surface area (Å²) in [6, 6.07) is 6.40. The topological polar surface area (TPSA) is 52.9 Å². The predicted molar refractivity (Wildman–Crippen MR) is 74.6 cm³/mol. The van der Waals surface area contributed by atoms with Gasteiger partial charge in [0.05, 0.1) is 19.3 Å². The number of aliphatic hydroxyl groups is 2. The number of ether oxygens (including phenoxy) is 1. The molecule has 1 aromatic carbocycles. The lowest BCUT2D eigenvalue weighted by Crippen LogP contribution is -2.32. The van der Waals surface area contributed by atoms with Crippen molar-refractivity contribution in [2.45, 2.75) is 25.4 Å². The molecule has 1 unspecified atom stereocenters. The molecule has 0 bridgehead atoms. The van der Waals surface area contributed by atoms with Crippen LogP contribution < -0.4 is 4.74 Å². The molecule has 1 aliphatic heterocycles. The minimum atomic E-state index is -0.651. The highest BCUT2D eigenvalue weighted by molar-refractivity contribution is 5.38. The molecule has 0 fully saturated rings. The number of benzene rings is 1. The molecule has 0 spiro atoms. The van der Waals surface area contributed by atoms with Crippen molar-refractivity contribution in [1.82, 2.24) is 4.90 Å². The second-order valence-corrected chi connectivity index (χ2v) is 5.24. The molecule has 1 atom stereocenters. The van der Waals surface area contributed by atoms with Crippen LogP contribution in [-0.2, 0) is 12.8 Å². The average Bonchev–Trinajstić information content (AvgIpc) is 2.44. The average molecular weight is 265 g/mol. The number of aliphatic hydroxyl groups excluding tert-OH is 2. The fraction of sp³-hybridized carbons (Fsp3) is 0.600. The molecular formula is C15H23NO3. The molecule has 4 heteroatoms. The number of likely N-dealkylation sites (N-methyl/N-ethyl adjacent to an activating group) is 1. The Balaban J connectivity index is 1.86. The van der Waals surface area contributed by atoms with Crippen molar-refractivity contribution in [2.75, 3.05) is 33.4 Å². The normalized spacial score (nSPS) is 16.0. The first-order chi connectivity index (χ1) is 9.19. The van der Waals surface area contributed by atoms with E-state index in [1.807, 2.05) is 11.9 Å². The van der Waals surface area contributed by atoms with Gasteiger partial charge >= 0.3 is 0 Å². The Hall–Kier alpha value is -1.10. The van der Waals surface area contributed by atoms with Gasteiger partial charge in [-0.1, -0.05) is 12.1 Å². The minimum Gasteiger partial charge on any atom is -0.493 e. The molecule has 106 valence electrons. The minimum absolute atomic E-state index is 0.180. The third-order valence-corrected chi connectivity index (χ3v) is 3.49. The molecule has 4 nitrogen and oxygen atoms in total. The van der Waals surface area contributed by atoms with Gasteiger partial charge in [0.2, 0.25) is 0 Å². The van der Waals surface area contributed by atoms with Crippen molar-refractivity contribution >= 4 is 0 Å². The number of aryl methyl sites for hydroxylation is 1. The van der Waals surface area contributed by atoms with Crippen LogP contribution in [0.1, 0.15) is 17.5 Å². The maximum absolute atomic E-state index is 9.38. The van der Waals surface area contributed by atoms with Crippen molar-refractivity contribution in [3.63, 3.8) is 0 Å². The maximum Gasteiger partial charge on any atom is 0.122 e. The van der Waals surface area contributed by atoms with Gasteiger partial charge in [-0.2, -0.15) is 0 Å². The fourth-order valence-corrected chi connectivity index (χ4v) is 2.40. The number of nitrogens with zero attached hydrogens (tertiary/aromatic N) is 1. The zero-order chi connectivity index (χ0) is 13.7. The van der Waals surface area contributed by atoms with Crippen molar-refractivity contribution in [3.8, 4) is 5.75 Å². The number of fused-ring (bicyclic) bond motifs is 1. The molecule has 0 radical (unpaired) electrons. The number of hydrogen-bond acceptors (Lipinski definition) is 4. The van der Waals surface area contributed by atoms with E-state index in [4.69, 9.17) is 9.84 Å². The van der Waals surface area contributed by atoms with Crippen LogP contribution >= 0.6 is 0 Å². The lowest BCUT2D eigenvalue weighted by Gasteiger charge is -2.20. The van der Waals surface area contributed by atoms with Crippen LogP contribution in [0, 0.1) is 0 Å². The highest BCUT2D eigenvalue weighted by Gasteiger charge is 2.11. The summed E-state index contributed by atoms with van der Waals surface area (Å²) in [5.74, 6) is 1.03. The lowest BCUT2D eigenvalue weighted by molar-refractivity contribution is 0.0669. The third kappa shape index (κ3) is 4.20.